The van der Waals surface area contributed by atoms with Gasteiger partial charge in [0.05, 0.1) is 20.3 Å². The fourth-order valence-corrected chi connectivity index (χ4v) is 2.32. The van der Waals surface area contributed by atoms with Crippen molar-refractivity contribution in [2.75, 3.05) is 45.7 Å². The summed E-state index contributed by atoms with van der Waals surface area (Å²) < 4.78 is 11.0. The average Bonchev–Trinajstić information content (AvgIpc) is 2.62. The van der Waals surface area contributed by atoms with Crippen molar-refractivity contribution in [3.8, 4) is 11.5 Å². The van der Waals surface area contributed by atoms with Gasteiger partial charge in [-0.05, 0) is 46.4 Å². The number of aliphatic imine (C=N–C) groups is 1. The van der Waals surface area contributed by atoms with Crippen LogP contribution in [0.25, 0.3) is 0 Å². The summed E-state index contributed by atoms with van der Waals surface area (Å²) >= 11 is 0. The van der Waals surface area contributed by atoms with Crippen LogP contribution in [-0.4, -0.2) is 57.3 Å². The summed E-state index contributed by atoms with van der Waals surface area (Å²) in [7, 11) is 3.78. The van der Waals surface area contributed by atoms with E-state index in [1.54, 1.807) is 7.11 Å². The third kappa shape index (κ3) is 7.22. The molecule has 1 aromatic carbocycles. The number of hydrogen-bond acceptors (Lipinski definition) is 4. The molecule has 1 unspecified atom stereocenters. The Bertz CT molecular complexity index is 534. The van der Waals surface area contributed by atoms with E-state index >= 15 is 0 Å². The Morgan fingerprint density at radius 3 is 2.60 bits per heavy atom. The number of ether oxygens (including phenoxy) is 2. The van der Waals surface area contributed by atoms with E-state index in [1.165, 1.54) is 0 Å². The second-order valence-electron chi connectivity index (χ2n) is 5.92. The summed E-state index contributed by atoms with van der Waals surface area (Å²) in [5.41, 5.74) is 0.912. The van der Waals surface area contributed by atoms with Gasteiger partial charge in [0.2, 0.25) is 0 Å². The highest BCUT2D eigenvalue weighted by Crippen LogP contribution is 2.30. The molecule has 0 aliphatic heterocycles. The number of methoxy groups -OCH3 is 1. The van der Waals surface area contributed by atoms with Crippen molar-refractivity contribution in [2.24, 2.45) is 4.99 Å². The van der Waals surface area contributed by atoms with Crippen LogP contribution in [0.15, 0.2) is 23.2 Å². The van der Waals surface area contributed by atoms with E-state index in [-0.39, 0.29) is 0 Å². The molecule has 0 amide bonds. The van der Waals surface area contributed by atoms with Gasteiger partial charge in [0.25, 0.3) is 0 Å². The first-order valence-electron chi connectivity index (χ1n) is 9.12. The molecule has 0 spiro atoms. The molecule has 2 N–H and O–H groups in total. The third-order valence-corrected chi connectivity index (χ3v) is 4.14. The molecule has 0 heterocycles. The van der Waals surface area contributed by atoms with Crippen molar-refractivity contribution in [3.05, 3.63) is 18.2 Å². The highest BCUT2D eigenvalue weighted by molar-refractivity contribution is 5.93. The Hall–Kier alpha value is -1.95. The van der Waals surface area contributed by atoms with E-state index in [1.807, 2.05) is 25.1 Å². The molecule has 0 saturated heterocycles. The zero-order valence-electron chi connectivity index (χ0n) is 16.6. The molecule has 1 rings (SSSR count). The molecule has 1 aromatic rings. The van der Waals surface area contributed by atoms with E-state index in [0.717, 1.165) is 43.5 Å². The van der Waals surface area contributed by atoms with Crippen LogP contribution in [0.5, 0.6) is 11.5 Å². The van der Waals surface area contributed by atoms with E-state index in [0.29, 0.717) is 18.4 Å². The van der Waals surface area contributed by atoms with Crippen LogP contribution in [0, 0.1) is 0 Å². The highest BCUT2D eigenvalue weighted by atomic mass is 16.5. The first-order chi connectivity index (χ1) is 12.0. The minimum Gasteiger partial charge on any atom is -0.493 e. The highest BCUT2D eigenvalue weighted by Gasteiger charge is 2.08. The predicted molar refractivity (Wildman–Crippen MR) is 106 cm³/mol. The topological polar surface area (TPSA) is 58.1 Å². The van der Waals surface area contributed by atoms with Crippen LogP contribution in [0.3, 0.4) is 0 Å². The van der Waals surface area contributed by atoms with Gasteiger partial charge < -0.3 is 25.0 Å². The first-order valence-corrected chi connectivity index (χ1v) is 9.12. The van der Waals surface area contributed by atoms with Gasteiger partial charge in [-0.2, -0.15) is 0 Å². The number of anilines is 1. The van der Waals surface area contributed by atoms with Gasteiger partial charge in [-0.15, -0.1) is 0 Å². The van der Waals surface area contributed by atoms with Crippen LogP contribution in [0.1, 0.15) is 34.1 Å². The van der Waals surface area contributed by atoms with Crippen LogP contribution < -0.4 is 20.1 Å². The van der Waals surface area contributed by atoms with Gasteiger partial charge in [0, 0.05) is 30.9 Å². The molecule has 0 radical (unpaired) electrons. The average molecular weight is 351 g/mol. The smallest absolute Gasteiger partial charge is 0.195 e. The minimum absolute atomic E-state index is 0.570. The molecule has 6 nitrogen and oxygen atoms in total. The summed E-state index contributed by atoms with van der Waals surface area (Å²) in [5.74, 6) is 2.22. The molecule has 0 saturated carbocycles. The zero-order chi connectivity index (χ0) is 18.7. The number of likely N-dealkylation sites (N-methyl/N-ethyl adjacent to an activating group) is 1. The number of hydrogen-bond donors (Lipinski definition) is 2. The lowest BCUT2D eigenvalue weighted by Gasteiger charge is -2.22. The van der Waals surface area contributed by atoms with Crippen LogP contribution >= 0.6 is 0 Å². The Balaban J connectivity index is 2.75. The van der Waals surface area contributed by atoms with E-state index in [2.05, 4.69) is 48.3 Å². The summed E-state index contributed by atoms with van der Waals surface area (Å²) in [6, 6.07) is 6.36. The monoisotopic (exact) mass is 350 g/mol. The third-order valence-electron chi connectivity index (χ3n) is 4.14. The van der Waals surface area contributed by atoms with Crippen molar-refractivity contribution in [2.45, 2.75) is 40.2 Å². The predicted octanol–water partition coefficient (Wildman–Crippen LogP) is 3.20. The quantitative estimate of drug-likeness (QED) is 0.501. The van der Waals surface area contributed by atoms with Crippen molar-refractivity contribution >= 4 is 11.6 Å². The van der Waals surface area contributed by atoms with Crippen LogP contribution in [0.2, 0.25) is 0 Å². The molecule has 0 aliphatic carbocycles. The Kier molecular flexibility index (Phi) is 9.77. The summed E-state index contributed by atoms with van der Waals surface area (Å²) in [4.78, 5) is 6.99. The molecule has 25 heavy (non-hydrogen) atoms. The van der Waals surface area contributed by atoms with Crippen molar-refractivity contribution in [1.82, 2.24) is 10.2 Å². The zero-order valence-corrected chi connectivity index (χ0v) is 16.6. The Morgan fingerprint density at radius 1 is 1.24 bits per heavy atom. The van der Waals surface area contributed by atoms with E-state index < -0.39 is 0 Å². The molecule has 0 bridgehead atoms. The van der Waals surface area contributed by atoms with Gasteiger partial charge >= 0.3 is 0 Å². The molecule has 1 atom stereocenters. The van der Waals surface area contributed by atoms with Gasteiger partial charge in [-0.1, -0.05) is 6.92 Å². The number of nitrogens with zero attached hydrogens (tertiary/aromatic N) is 2. The maximum atomic E-state index is 5.56. The Morgan fingerprint density at radius 2 is 2.00 bits per heavy atom. The standard InChI is InChI=1S/C19H34N4O2/c1-7-15(4)23(5)13-12-21-19(20-8-2)22-16-10-11-17(25-9-3)18(14-16)24-6/h10-11,14-15H,7-9,12-13H2,1-6H3,(H2,20,21,22). The van der Waals surface area contributed by atoms with Crippen molar-refractivity contribution in [3.63, 3.8) is 0 Å². The Labute approximate surface area is 152 Å². The van der Waals surface area contributed by atoms with Gasteiger partial charge in [-0.25, -0.2) is 0 Å². The number of guanidine groups is 1. The lowest BCUT2D eigenvalue weighted by molar-refractivity contribution is 0.259. The van der Waals surface area contributed by atoms with Gasteiger partial charge in [0.15, 0.2) is 17.5 Å². The molecule has 0 fully saturated rings. The lowest BCUT2D eigenvalue weighted by atomic mass is 10.2. The lowest BCUT2D eigenvalue weighted by Crippen LogP contribution is -2.33. The maximum absolute atomic E-state index is 5.56. The minimum atomic E-state index is 0.570. The van der Waals surface area contributed by atoms with E-state index in [4.69, 9.17) is 9.47 Å². The fraction of sp³-hybridized carbons (Fsp3) is 0.632. The maximum Gasteiger partial charge on any atom is 0.195 e. The molecular formula is C19H34N4O2. The molecule has 0 aliphatic rings. The van der Waals surface area contributed by atoms with Crippen LogP contribution in [0.4, 0.5) is 5.69 Å². The van der Waals surface area contributed by atoms with E-state index in [9.17, 15) is 0 Å². The van der Waals surface area contributed by atoms with Crippen molar-refractivity contribution in [1.29, 1.82) is 0 Å². The fourth-order valence-electron chi connectivity index (χ4n) is 2.32. The second kappa shape index (κ2) is 11.6. The molecular weight excluding hydrogens is 316 g/mol. The summed E-state index contributed by atoms with van der Waals surface area (Å²) in [5, 5.41) is 6.60. The normalized spacial score (nSPS) is 12.8. The number of nitrogens with one attached hydrogen (secondary N) is 2. The molecule has 142 valence electrons. The summed E-state index contributed by atoms with van der Waals surface area (Å²) in [6.07, 6.45) is 1.14. The number of benzene rings is 1. The largest absolute Gasteiger partial charge is 0.493 e. The molecule has 0 aromatic heterocycles. The van der Waals surface area contributed by atoms with Crippen LogP contribution in [-0.2, 0) is 0 Å². The van der Waals surface area contributed by atoms with Crippen molar-refractivity contribution < 1.29 is 9.47 Å². The van der Waals surface area contributed by atoms with Gasteiger partial charge in [-0.3, -0.25) is 4.99 Å². The van der Waals surface area contributed by atoms with Gasteiger partial charge in [0.1, 0.15) is 0 Å². The molecule has 6 heteroatoms. The number of rotatable bonds is 10. The summed E-state index contributed by atoms with van der Waals surface area (Å²) in [6.45, 7) is 11.5. The first kappa shape index (κ1) is 21.1. The SMILES string of the molecule is CCNC(=NCCN(C)C(C)CC)Nc1ccc(OCC)c(OC)c1. The second-order valence-corrected chi connectivity index (χ2v) is 5.92.